The molecular formula is C28H27ClN4O3. The molecule has 3 aromatic carbocycles. The van der Waals surface area contributed by atoms with Gasteiger partial charge >= 0.3 is 0 Å². The number of carbonyl (C=O) groups excluding carboxylic acids is 1. The van der Waals surface area contributed by atoms with E-state index >= 15 is 0 Å². The molecule has 0 aliphatic carbocycles. The molecule has 0 saturated carbocycles. The molecule has 36 heavy (non-hydrogen) atoms. The van der Waals surface area contributed by atoms with Crippen molar-refractivity contribution in [2.45, 2.75) is 33.2 Å². The Labute approximate surface area is 214 Å². The van der Waals surface area contributed by atoms with E-state index in [4.69, 9.17) is 16.3 Å². The van der Waals surface area contributed by atoms with Crippen LogP contribution in [0.25, 0.3) is 5.69 Å². The normalized spacial score (nSPS) is 11.6. The maximum absolute atomic E-state index is 13.6. The second kappa shape index (κ2) is 11.1. The highest BCUT2D eigenvalue weighted by Gasteiger charge is 2.17. The van der Waals surface area contributed by atoms with E-state index in [2.05, 4.69) is 15.7 Å². The molecule has 0 spiro atoms. The van der Waals surface area contributed by atoms with E-state index in [9.17, 15) is 9.59 Å². The summed E-state index contributed by atoms with van der Waals surface area (Å²) >= 11 is 6.34. The van der Waals surface area contributed by atoms with Crippen molar-refractivity contribution >= 4 is 28.9 Å². The van der Waals surface area contributed by atoms with Crippen molar-refractivity contribution in [2.75, 3.05) is 5.32 Å². The molecule has 0 aliphatic heterocycles. The summed E-state index contributed by atoms with van der Waals surface area (Å²) in [6.07, 6.45) is 2.29. The van der Waals surface area contributed by atoms with Crippen LogP contribution in [0.3, 0.4) is 0 Å². The molecule has 184 valence electrons. The van der Waals surface area contributed by atoms with E-state index in [1.807, 2.05) is 39.0 Å². The minimum absolute atomic E-state index is 0.0477. The number of nitrogens with zero attached hydrogens (tertiary/aromatic N) is 2. The van der Waals surface area contributed by atoms with Crippen LogP contribution in [0, 0.1) is 6.92 Å². The topological polar surface area (TPSA) is 85.2 Å². The van der Waals surface area contributed by atoms with Crippen LogP contribution in [0.5, 0.6) is 11.5 Å². The van der Waals surface area contributed by atoms with Crippen LogP contribution in [0.4, 0.5) is 11.4 Å². The first-order valence-corrected chi connectivity index (χ1v) is 12.0. The highest BCUT2D eigenvalue weighted by Crippen LogP contribution is 2.30. The third kappa shape index (κ3) is 5.75. The number of aryl methyl sites for hydroxylation is 1. The van der Waals surface area contributed by atoms with Crippen LogP contribution in [0.1, 0.15) is 36.2 Å². The SMILES string of the molecule is CC[C@@H](C)NC(=O)c1cccc(Nc2c(Oc3cccc(C)c3)cnn(-c3ccccc3Cl)c2=O)c1. The lowest BCUT2D eigenvalue weighted by Crippen LogP contribution is -2.31. The number of rotatable bonds is 8. The van der Waals surface area contributed by atoms with Crippen molar-refractivity contribution < 1.29 is 9.53 Å². The molecule has 2 N–H and O–H groups in total. The molecule has 0 aliphatic rings. The van der Waals surface area contributed by atoms with Gasteiger partial charge in [0.15, 0.2) is 11.4 Å². The van der Waals surface area contributed by atoms with E-state index in [0.717, 1.165) is 12.0 Å². The van der Waals surface area contributed by atoms with Crippen molar-refractivity contribution in [3.8, 4) is 17.2 Å². The summed E-state index contributed by atoms with van der Waals surface area (Å²) in [5.74, 6) is 0.618. The fourth-order valence-corrected chi connectivity index (χ4v) is 3.74. The van der Waals surface area contributed by atoms with Crippen molar-refractivity contribution in [1.82, 2.24) is 15.1 Å². The van der Waals surface area contributed by atoms with E-state index in [0.29, 0.717) is 27.7 Å². The molecule has 0 fully saturated rings. The molecule has 4 rings (SSSR count). The smallest absolute Gasteiger partial charge is 0.299 e. The zero-order valence-electron chi connectivity index (χ0n) is 20.3. The number of halogens is 1. The highest BCUT2D eigenvalue weighted by molar-refractivity contribution is 6.32. The second-order valence-electron chi connectivity index (χ2n) is 8.46. The number of hydrogen-bond donors (Lipinski definition) is 2. The van der Waals surface area contributed by atoms with Crippen molar-refractivity contribution in [3.05, 3.63) is 105 Å². The van der Waals surface area contributed by atoms with E-state index in [-0.39, 0.29) is 23.4 Å². The highest BCUT2D eigenvalue weighted by atomic mass is 35.5. The fourth-order valence-electron chi connectivity index (χ4n) is 3.52. The zero-order chi connectivity index (χ0) is 25.7. The third-order valence-electron chi connectivity index (χ3n) is 5.63. The second-order valence-corrected chi connectivity index (χ2v) is 8.87. The summed E-state index contributed by atoms with van der Waals surface area (Å²) in [5.41, 5.74) is 2.18. The average Bonchev–Trinajstić information content (AvgIpc) is 2.87. The Morgan fingerprint density at radius 2 is 1.86 bits per heavy atom. The summed E-state index contributed by atoms with van der Waals surface area (Å²) in [6, 6.07) is 21.4. The lowest BCUT2D eigenvalue weighted by atomic mass is 10.1. The van der Waals surface area contributed by atoms with Gasteiger partial charge in [-0.2, -0.15) is 9.78 Å². The first kappa shape index (κ1) is 25.0. The largest absolute Gasteiger partial charge is 0.453 e. The third-order valence-corrected chi connectivity index (χ3v) is 5.94. The monoisotopic (exact) mass is 502 g/mol. The first-order valence-electron chi connectivity index (χ1n) is 11.7. The number of nitrogens with one attached hydrogen (secondary N) is 2. The summed E-state index contributed by atoms with van der Waals surface area (Å²) in [4.78, 5) is 26.3. The number of ether oxygens (including phenoxy) is 1. The maximum atomic E-state index is 13.6. The minimum atomic E-state index is -0.456. The van der Waals surface area contributed by atoms with Gasteiger partial charge in [0.2, 0.25) is 0 Å². The molecule has 7 nitrogen and oxygen atoms in total. The van der Waals surface area contributed by atoms with Crippen LogP contribution in [-0.2, 0) is 0 Å². The molecule has 8 heteroatoms. The molecule has 0 unspecified atom stereocenters. The number of para-hydroxylation sites is 1. The Kier molecular flexibility index (Phi) is 7.71. The molecule has 0 saturated heterocycles. The quantitative estimate of drug-likeness (QED) is 0.297. The van der Waals surface area contributed by atoms with Gasteiger partial charge in [0.25, 0.3) is 11.5 Å². The zero-order valence-corrected chi connectivity index (χ0v) is 21.0. The fraction of sp³-hybridized carbons (Fsp3) is 0.179. The van der Waals surface area contributed by atoms with Crippen LogP contribution in [-0.4, -0.2) is 21.7 Å². The van der Waals surface area contributed by atoms with Crippen LogP contribution in [0.2, 0.25) is 5.02 Å². The van der Waals surface area contributed by atoms with E-state index < -0.39 is 5.56 Å². The number of anilines is 2. The molecule has 1 amide bonds. The van der Waals surface area contributed by atoms with Gasteiger partial charge in [0.05, 0.1) is 16.9 Å². The number of aromatic nitrogens is 2. The summed E-state index contributed by atoms with van der Waals surface area (Å²) < 4.78 is 7.27. The molecule has 1 heterocycles. The number of amides is 1. The van der Waals surface area contributed by atoms with Crippen molar-refractivity contribution in [1.29, 1.82) is 0 Å². The number of hydrogen-bond acceptors (Lipinski definition) is 5. The van der Waals surface area contributed by atoms with Gasteiger partial charge in [-0.1, -0.05) is 48.9 Å². The van der Waals surface area contributed by atoms with Crippen LogP contribution >= 0.6 is 11.6 Å². The van der Waals surface area contributed by atoms with Gasteiger partial charge in [-0.25, -0.2) is 0 Å². The van der Waals surface area contributed by atoms with Gasteiger partial charge in [-0.3, -0.25) is 9.59 Å². The Morgan fingerprint density at radius 3 is 2.61 bits per heavy atom. The number of benzene rings is 3. The Balaban J connectivity index is 1.76. The van der Waals surface area contributed by atoms with Gasteiger partial charge in [-0.15, -0.1) is 0 Å². The first-order chi connectivity index (χ1) is 17.4. The predicted octanol–water partition coefficient (Wildman–Crippen LogP) is 6.26. The van der Waals surface area contributed by atoms with Crippen molar-refractivity contribution in [3.63, 3.8) is 0 Å². The Bertz CT molecular complexity index is 1450. The lowest BCUT2D eigenvalue weighted by Gasteiger charge is -2.16. The van der Waals surface area contributed by atoms with Crippen LogP contribution < -0.4 is 20.9 Å². The molecule has 0 radical (unpaired) electrons. The van der Waals surface area contributed by atoms with Gasteiger partial charge in [0.1, 0.15) is 5.75 Å². The molecular weight excluding hydrogens is 476 g/mol. The maximum Gasteiger partial charge on any atom is 0.299 e. The Hall–Kier alpha value is -4.10. The predicted molar refractivity (Wildman–Crippen MR) is 143 cm³/mol. The van der Waals surface area contributed by atoms with E-state index in [1.54, 1.807) is 54.6 Å². The summed E-state index contributed by atoms with van der Waals surface area (Å²) in [5, 5.41) is 10.8. The standard InChI is InChI=1S/C28H27ClN4O3/c1-4-19(3)31-27(34)20-10-8-11-21(16-20)32-26-25(36-22-12-7-9-18(2)15-22)17-30-33(28(26)35)24-14-6-5-13-23(24)29/h5-17,19,32H,4H2,1-3H3,(H,31,34)/t19-/m1/s1. The number of carbonyl (C=O) groups is 1. The van der Waals surface area contributed by atoms with Gasteiger partial charge < -0.3 is 15.4 Å². The molecule has 0 bridgehead atoms. The average molecular weight is 503 g/mol. The molecule has 4 aromatic rings. The minimum Gasteiger partial charge on any atom is -0.453 e. The van der Waals surface area contributed by atoms with Gasteiger partial charge in [0, 0.05) is 17.3 Å². The molecule has 1 atom stereocenters. The Morgan fingerprint density at radius 1 is 1.08 bits per heavy atom. The van der Waals surface area contributed by atoms with Crippen LogP contribution in [0.15, 0.2) is 83.8 Å². The van der Waals surface area contributed by atoms with Crippen molar-refractivity contribution in [2.24, 2.45) is 0 Å². The molecule has 1 aromatic heterocycles. The summed E-state index contributed by atoms with van der Waals surface area (Å²) in [7, 11) is 0. The summed E-state index contributed by atoms with van der Waals surface area (Å²) in [6.45, 7) is 5.91. The lowest BCUT2D eigenvalue weighted by molar-refractivity contribution is 0.0939. The van der Waals surface area contributed by atoms with E-state index in [1.165, 1.54) is 10.9 Å². The van der Waals surface area contributed by atoms with Gasteiger partial charge in [-0.05, 0) is 68.3 Å².